The topological polar surface area (TPSA) is 56.3 Å². The van der Waals surface area contributed by atoms with Gasteiger partial charge >= 0.3 is 0 Å². The molecule has 4 nitrogen and oxygen atoms in total. The molecule has 0 heterocycles. The van der Waals surface area contributed by atoms with E-state index in [0.29, 0.717) is 12.1 Å². The fourth-order valence-corrected chi connectivity index (χ4v) is 5.01. The molecule has 3 aromatic rings. The summed E-state index contributed by atoms with van der Waals surface area (Å²) in [5.41, 5.74) is -2.52. The highest BCUT2D eigenvalue weighted by molar-refractivity contribution is 5.92. The smallest absolute Gasteiger partial charge is 0.226 e. The van der Waals surface area contributed by atoms with E-state index in [-0.39, 0.29) is 54.9 Å². The SMILES string of the molecule is [C-]#[N+]/C(C#N)=c1/c2c(/c(=C(\C#N)[N+]#[C-])c3c1-c1cc(F)c(F)c(F)c1C3)-c1cc(F)c(F)c(F)c1C2. The van der Waals surface area contributed by atoms with Crippen molar-refractivity contribution >= 4 is 11.4 Å². The number of nitrogens with zero attached hydrogens (tertiary/aromatic N) is 4. The Bertz CT molecular complexity index is 1730. The van der Waals surface area contributed by atoms with E-state index < -0.39 is 59.1 Å². The molecular weight excluding hydrogens is 482 g/mol. The molecule has 0 saturated carbocycles. The Morgan fingerprint density at radius 1 is 0.639 bits per heavy atom. The van der Waals surface area contributed by atoms with E-state index in [1.54, 1.807) is 12.1 Å². The fraction of sp³-hybridized carbons (Fsp3) is 0.0769. The van der Waals surface area contributed by atoms with E-state index in [0.717, 1.165) is 0 Å². The summed E-state index contributed by atoms with van der Waals surface area (Å²) in [6, 6.07) is 4.67. The van der Waals surface area contributed by atoms with Crippen molar-refractivity contribution in [1.82, 2.24) is 0 Å². The molecule has 0 aromatic heterocycles. The van der Waals surface area contributed by atoms with Gasteiger partial charge < -0.3 is 0 Å². The number of benzene rings is 3. The molecule has 0 aliphatic heterocycles. The highest BCUT2D eigenvalue weighted by Crippen LogP contribution is 2.43. The van der Waals surface area contributed by atoms with Crippen molar-refractivity contribution in [2.24, 2.45) is 0 Å². The molecule has 0 fully saturated rings. The fourth-order valence-electron chi connectivity index (χ4n) is 5.01. The van der Waals surface area contributed by atoms with Crippen LogP contribution in [0.2, 0.25) is 0 Å². The first-order chi connectivity index (χ1) is 17.2. The minimum atomic E-state index is -1.76. The summed E-state index contributed by atoms with van der Waals surface area (Å²) in [6.07, 6.45) is -0.940. The Balaban J connectivity index is 2.15. The minimum absolute atomic E-state index is 0.0235. The molecule has 0 N–H and O–H groups in total. The van der Waals surface area contributed by atoms with Crippen molar-refractivity contribution in [2.45, 2.75) is 12.8 Å². The van der Waals surface area contributed by atoms with Crippen LogP contribution in [0.5, 0.6) is 0 Å². The second-order valence-electron chi connectivity index (χ2n) is 7.98. The Hall–Kier alpha value is -5.06. The number of hydrogen-bond acceptors (Lipinski definition) is 2. The molecule has 0 unspecified atom stereocenters. The molecule has 3 aromatic carbocycles. The lowest BCUT2D eigenvalue weighted by Crippen LogP contribution is -2.25. The molecule has 0 amide bonds. The number of hydrogen-bond donors (Lipinski definition) is 0. The van der Waals surface area contributed by atoms with Gasteiger partial charge in [-0.15, -0.1) is 0 Å². The zero-order valence-corrected chi connectivity index (χ0v) is 17.6. The second-order valence-corrected chi connectivity index (χ2v) is 7.98. The number of fused-ring (bicyclic) bond motifs is 6. The number of halogens is 6. The van der Waals surface area contributed by atoms with Crippen LogP contribution >= 0.6 is 0 Å². The van der Waals surface area contributed by atoms with E-state index in [4.69, 9.17) is 13.1 Å². The van der Waals surface area contributed by atoms with Crippen molar-refractivity contribution in [3.63, 3.8) is 0 Å². The van der Waals surface area contributed by atoms with Gasteiger partial charge in [-0.25, -0.2) is 46.6 Å². The third-order valence-corrected chi connectivity index (χ3v) is 6.39. The third-order valence-electron chi connectivity index (χ3n) is 6.39. The van der Waals surface area contributed by atoms with Crippen molar-refractivity contribution < 1.29 is 26.3 Å². The average Bonchev–Trinajstić information content (AvgIpc) is 3.42. The minimum Gasteiger partial charge on any atom is -0.226 e. The lowest BCUT2D eigenvalue weighted by atomic mass is 9.90. The monoisotopic (exact) mass is 488 g/mol. The highest BCUT2D eigenvalue weighted by atomic mass is 19.2. The van der Waals surface area contributed by atoms with Crippen molar-refractivity contribution in [2.75, 3.05) is 0 Å². The zero-order valence-electron chi connectivity index (χ0n) is 17.6. The normalized spacial score (nSPS) is 13.8. The Labute approximate surface area is 198 Å². The maximum absolute atomic E-state index is 14.8. The molecule has 36 heavy (non-hydrogen) atoms. The highest BCUT2D eigenvalue weighted by Gasteiger charge is 2.36. The lowest BCUT2D eigenvalue weighted by molar-refractivity contribution is 0.443. The number of rotatable bonds is 0. The Kier molecular flexibility index (Phi) is 4.88. The van der Waals surface area contributed by atoms with Crippen LogP contribution in [-0.4, -0.2) is 0 Å². The van der Waals surface area contributed by atoms with Crippen molar-refractivity contribution in [3.8, 4) is 34.4 Å². The van der Waals surface area contributed by atoms with Gasteiger partial charge in [0.15, 0.2) is 34.9 Å². The van der Waals surface area contributed by atoms with Gasteiger partial charge in [-0.2, -0.15) is 0 Å². The summed E-state index contributed by atoms with van der Waals surface area (Å²) in [6.45, 7) is 14.9. The van der Waals surface area contributed by atoms with E-state index >= 15 is 0 Å². The maximum Gasteiger partial charge on any atom is 0.269 e. The van der Waals surface area contributed by atoms with Gasteiger partial charge in [-0.1, -0.05) is 0 Å². The molecule has 0 spiro atoms. The van der Waals surface area contributed by atoms with Crippen LogP contribution in [-0.2, 0) is 12.8 Å². The number of nitriles is 2. The largest absolute Gasteiger partial charge is 0.269 e. The Morgan fingerprint density at radius 3 is 1.31 bits per heavy atom. The molecule has 172 valence electrons. The molecule has 10 heteroatoms. The predicted molar refractivity (Wildman–Crippen MR) is 113 cm³/mol. The van der Waals surface area contributed by atoms with Crippen molar-refractivity contribution in [1.29, 1.82) is 10.5 Å². The van der Waals surface area contributed by atoms with E-state index in [1.165, 1.54) is 0 Å². The van der Waals surface area contributed by atoms with Gasteiger partial charge in [0.2, 0.25) is 0 Å². The van der Waals surface area contributed by atoms with Gasteiger partial charge in [0.1, 0.15) is 0 Å². The molecule has 2 aliphatic rings. The molecular formula is C26H6F6N4. The summed E-state index contributed by atoms with van der Waals surface area (Å²) in [5, 5.41) is 18.9. The van der Waals surface area contributed by atoms with Crippen LogP contribution < -0.4 is 10.4 Å². The van der Waals surface area contributed by atoms with Crippen LogP contribution in [0.25, 0.3) is 43.3 Å². The van der Waals surface area contributed by atoms with Crippen LogP contribution in [0.1, 0.15) is 22.3 Å². The Morgan fingerprint density at radius 2 is 1.00 bits per heavy atom. The maximum atomic E-state index is 14.8. The first-order valence-electron chi connectivity index (χ1n) is 10.0. The van der Waals surface area contributed by atoms with Crippen LogP contribution in [0, 0.1) is 70.7 Å². The molecule has 0 bridgehead atoms. The molecule has 0 atom stereocenters. The van der Waals surface area contributed by atoms with Gasteiger partial charge in [0, 0.05) is 34.4 Å². The summed E-state index contributed by atoms with van der Waals surface area (Å²) in [4.78, 5) is 6.34. The molecule has 0 saturated heterocycles. The molecule has 2 aliphatic carbocycles. The van der Waals surface area contributed by atoms with E-state index in [1.807, 2.05) is 0 Å². The van der Waals surface area contributed by atoms with Gasteiger partial charge in [-0.3, -0.25) is 0 Å². The summed E-state index contributed by atoms with van der Waals surface area (Å²) < 4.78 is 86.2. The van der Waals surface area contributed by atoms with Gasteiger partial charge in [0.25, 0.3) is 11.4 Å². The van der Waals surface area contributed by atoms with Gasteiger partial charge in [0.05, 0.1) is 25.3 Å². The van der Waals surface area contributed by atoms with Crippen LogP contribution in [0.3, 0.4) is 0 Å². The summed E-state index contributed by atoms with van der Waals surface area (Å²) in [5.74, 6) is -9.68. The third kappa shape index (κ3) is 2.73. The summed E-state index contributed by atoms with van der Waals surface area (Å²) in [7, 11) is 0. The first kappa shape index (κ1) is 22.7. The quantitative estimate of drug-likeness (QED) is 0.179. The second kappa shape index (κ2) is 7.73. The molecule has 0 radical (unpaired) electrons. The van der Waals surface area contributed by atoms with Gasteiger partial charge in [-0.05, 0) is 45.5 Å². The van der Waals surface area contributed by atoms with Crippen molar-refractivity contribution in [3.05, 3.63) is 103 Å². The van der Waals surface area contributed by atoms with Crippen LogP contribution in [0.15, 0.2) is 12.1 Å². The van der Waals surface area contributed by atoms with E-state index in [9.17, 15) is 36.9 Å². The lowest BCUT2D eigenvalue weighted by Gasteiger charge is -2.13. The average molecular weight is 488 g/mol. The standard InChI is InChI=1S/C26H6F6N4/c1-35-17(7-33)21-13-3-11-10(6-16(28)26(32)23(11)29)20(13)22(18(8-34)36-2)14-4-12-9(19(14)21)5-15(27)25(31)24(12)30/h5-6H,3-4H2/b21-17-,22-18+. The zero-order chi connectivity index (χ0) is 26.0. The first-order valence-corrected chi connectivity index (χ1v) is 10.0. The van der Waals surface area contributed by atoms with Crippen LogP contribution in [0.4, 0.5) is 26.3 Å². The molecule has 5 rings (SSSR count). The summed E-state index contributed by atoms with van der Waals surface area (Å²) >= 11 is 0. The van der Waals surface area contributed by atoms with E-state index in [2.05, 4.69) is 9.69 Å². The predicted octanol–water partition coefficient (Wildman–Crippen LogP) is 4.77.